The fourth-order valence-electron chi connectivity index (χ4n) is 5.01. The highest BCUT2D eigenvalue weighted by molar-refractivity contribution is 5.98. The van der Waals surface area contributed by atoms with Crippen molar-refractivity contribution in [1.29, 1.82) is 0 Å². The Morgan fingerprint density at radius 3 is 2.32 bits per heavy atom. The normalized spacial score (nSPS) is 20.0. The molecule has 3 aromatic carbocycles. The molecule has 1 unspecified atom stereocenters. The van der Waals surface area contributed by atoms with Crippen LogP contribution in [0.5, 0.6) is 23.0 Å². The highest BCUT2D eigenvalue weighted by Gasteiger charge is 2.44. The zero-order chi connectivity index (χ0) is 26.2. The number of halogens is 3. The van der Waals surface area contributed by atoms with Gasteiger partial charge in [-0.05, 0) is 66.4 Å². The molecule has 0 spiro atoms. The molecule has 0 amide bonds. The number of fused-ring (bicyclic) bond motifs is 1. The van der Waals surface area contributed by atoms with E-state index in [-0.39, 0.29) is 33.9 Å². The molecule has 1 fully saturated rings. The Kier molecular flexibility index (Phi) is 6.77. The van der Waals surface area contributed by atoms with Crippen LogP contribution in [-0.2, 0) is 0 Å². The molecule has 194 valence electrons. The van der Waals surface area contributed by atoms with Gasteiger partial charge in [0.2, 0.25) is 0 Å². The topological polar surface area (TPSA) is 62.2 Å². The molecule has 2 aliphatic rings. The van der Waals surface area contributed by atoms with Crippen LogP contribution in [0, 0.1) is 5.92 Å². The minimum Gasteiger partial charge on any atom is -0.508 e. The van der Waals surface area contributed by atoms with Crippen molar-refractivity contribution in [3.05, 3.63) is 83.4 Å². The lowest BCUT2D eigenvalue weighted by atomic mass is 9.85. The third-order valence-corrected chi connectivity index (χ3v) is 6.84. The van der Waals surface area contributed by atoms with Crippen molar-refractivity contribution >= 4 is 11.1 Å². The van der Waals surface area contributed by atoms with Gasteiger partial charge in [-0.2, -0.15) is 13.2 Å². The molecule has 8 heteroatoms. The first-order chi connectivity index (χ1) is 17.7. The van der Waals surface area contributed by atoms with E-state index in [9.17, 15) is 23.4 Å². The van der Waals surface area contributed by atoms with E-state index >= 15 is 0 Å². The van der Waals surface area contributed by atoms with Crippen LogP contribution in [-0.4, -0.2) is 47.5 Å². The second-order valence-corrected chi connectivity index (χ2v) is 9.62. The second-order valence-electron chi connectivity index (χ2n) is 9.62. The number of allylic oxidation sites excluding steroid dienone is 1. The quantitative estimate of drug-likeness (QED) is 0.400. The Bertz CT molecular complexity index is 1290. The van der Waals surface area contributed by atoms with Crippen LogP contribution in [0.25, 0.3) is 11.1 Å². The number of likely N-dealkylation sites (tertiary alicyclic amines) is 1. The number of alkyl halides is 3. The summed E-state index contributed by atoms with van der Waals surface area (Å²) in [7, 11) is 0. The fraction of sp³-hybridized carbons (Fsp3) is 0.310. The summed E-state index contributed by atoms with van der Waals surface area (Å²) < 4.78 is 55.6. The van der Waals surface area contributed by atoms with Gasteiger partial charge in [0.1, 0.15) is 29.6 Å². The van der Waals surface area contributed by atoms with Crippen molar-refractivity contribution in [3.63, 3.8) is 0 Å². The summed E-state index contributed by atoms with van der Waals surface area (Å²) in [5.41, 5.74) is -0.290. The van der Waals surface area contributed by atoms with Crippen molar-refractivity contribution < 1.29 is 32.9 Å². The third-order valence-electron chi connectivity index (χ3n) is 6.84. The number of phenolic OH excluding ortho intramolecular Hbond substituents is 2. The van der Waals surface area contributed by atoms with Gasteiger partial charge in [-0.1, -0.05) is 31.2 Å². The molecule has 0 radical (unpaired) electrons. The minimum atomic E-state index is -4.70. The Morgan fingerprint density at radius 1 is 0.973 bits per heavy atom. The highest BCUT2D eigenvalue weighted by Crippen LogP contribution is 2.53. The van der Waals surface area contributed by atoms with Crippen LogP contribution in [0.2, 0.25) is 0 Å². The van der Waals surface area contributed by atoms with Gasteiger partial charge >= 0.3 is 6.18 Å². The van der Waals surface area contributed by atoms with E-state index in [4.69, 9.17) is 9.47 Å². The first-order valence-electron chi connectivity index (χ1n) is 12.2. The SMILES string of the molecule is C[C@@H]1CCN(CCOc2ccc(C3Oc4cc(O)ccc4C(C(F)(F)F)=C3c3ccc(O)cc3)cc2)C1. The molecular formula is C29H28F3NO4. The molecule has 5 rings (SSSR count). The summed E-state index contributed by atoms with van der Waals surface area (Å²) in [4.78, 5) is 2.36. The average Bonchev–Trinajstić information content (AvgIpc) is 3.28. The maximum atomic E-state index is 14.5. The van der Waals surface area contributed by atoms with Crippen LogP contribution in [0.15, 0.2) is 66.7 Å². The summed E-state index contributed by atoms with van der Waals surface area (Å²) in [6.07, 6.45) is -4.61. The number of ether oxygens (including phenoxy) is 2. The van der Waals surface area contributed by atoms with Crippen LogP contribution in [0.4, 0.5) is 13.2 Å². The van der Waals surface area contributed by atoms with Gasteiger partial charge in [0, 0.05) is 30.3 Å². The van der Waals surface area contributed by atoms with E-state index in [0.717, 1.165) is 19.6 Å². The maximum Gasteiger partial charge on any atom is 0.417 e. The molecule has 3 aromatic rings. The van der Waals surface area contributed by atoms with Crippen LogP contribution in [0.3, 0.4) is 0 Å². The molecule has 2 aliphatic heterocycles. The van der Waals surface area contributed by atoms with Crippen LogP contribution in [0.1, 0.15) is 36.1 Å². The van der Waals surface area contributed by atoms with Gasteiger partial charge in [0.05, 0.1) is 5.57 Å². The van der Waals surface area contributed by atoms with Gasteiger partial charge < -0.3 is 19.7 Å². The molecule has 0 bridgehead atoms. The predicted molar refractivity (Wildman–Crippen MR) is 135 cm³/mol. The molecule has 0 saturated carbocycles. The third kappa shape index (κ3) is 5.39. The number of rotatable bonds is 6. The fourth-order valence-corrected chi connectivity index (χ4v) is 5.01. The van der Waals surface area contributed by atoms with Gasteiger partial charge in [-0.3, -0.25) is 4.90 Å². The molecule has 2 heterocycles. The summed E-state index contributed by atoms with van der Waals surface area (Å²) in [6.45, 7) is 5.70. The van der Waals surface area contributed by atoms with Gasteiger partial charge in [-0.25, -0.2) is 0 Å². The Balaban J connectivity index is 1.48. The smallest absolute Gasteiger partial charge is 0.417 e. The second kappa shape index (κ2) is 10.0. The molecule has 37 heavy (non-hydrogen) atoms. The number of hydrogen-bond donors (Lipinski definition) is 2. The van der Waals surface area contributed by atoms with Crippen LogP contribution < -0.4 is 9.47 Å². The first kappa shape index (κ1) is 25.0. The van der Waals surface area contributed by atoms with Crippen molar-refractivity contribution in [2.75, 3.05) is 26.2 Å². The Hall–Kier alpha value is -3.65. The molecule has 5 nitrogen and oxygen atoms in total. The minimum absolute atomic E-state index is 0.0543. The lowest BCUT2D eigenvalue weighted by Crippen LogP contribution is -2.26. The van der Waals surface area contributed by atoms with Crippen molar-refractivity contribution in [3.8, 4) is 23.0 Å². The molecule has 2 atom stereocenters. The van der Waals surface area contributed by atoms with Crippen molar-refractivity contribution in [1.82, 2.24) is 4.90 Å². The number of hydrogen-bond acceptors (Lipinski definition) is 5. The molecule has 0 aliphatic carbocycles. The van der Waals surface area contributed by atoms with Crippen molar-refractivity contribution in [2.24, 2.45) is 5.92 Å². The van der Waals surface area contributed by atoms with Gasteiger partial charge in [0.25, 0.3) is 0 Å². The summed E-state index contributed by atoms with van der Waals surface area (Å²) in [6, 6.07) is 16.0. The first-order valence-corrected chi connectivity index (χ1v) is 12.2. The highest BCUT2D eigenvalue weighted by atomic mass is 19.4. The molecule has 0 aromatic heterocycles. The van der Waals surface area contributed by atoms with E-state index in [1.165, 1.54) is 48.9 Å². The molecular weight excluding hydrogens is 483 g/mol. The zero-order valence-electron chi connectivity index (χ0n) is 20.3. The number of benzene rings is 3. The standard InChI is InChI=1S/C29H28F3NO4/c1-18-12-13-33(17-18)14-15-36-23-9-4-20(5-10-23)28-26(19-2-6-21(34)7-3-19)27(29(30,31)32)24-11-8-22(35)16-25(24)37-28/h2-11,16,18,28,34-35H,12-15,17H2,1H3/t18-,28?/m1/s1. The summed E-state index contributed by atoms with van der Waals surface area (Å²) in [5, 5.41) is 19.7. The van der Waals surface area contributed by atoms with Gasteiger partial charge in [0.15, 0.2) is 6.10 Å². The lowest BCUT2D eigenvalue weighted by molar-refractivity contribution is -0.0695. The van der Waals surface area contributed by atoms with E-state index in [1.54, 1.807) is 24.3 Å². The lowest BCUT2D eigenvalue weighted by Gasteiger charge is -2.33. The number of aromatic hydroxyl groups is 2. The van der Waals surface area contributed by atoms with E-state index in [1.807, 2.05) is 0 Å². The largest absolute Gasteiger partial charge is 0.508 e. The average molecular weight is 512 g/mol. The monoisotopic (exact) mass is 511 g/mol. The number of nitrogens with zero attached hydrogens (tertiary/aromatic N) is 1. The van der Waals surface area contributed by atoms with Crippen molar-refractivity contribution in [2.45, 2.75) is 25.6 Å². The van der Waals surface area contributed by atoms with Crippen LogP contribution >= 0.6 is 0 Å². The number of phenols is 2. The summed E-state index contributed by atoms with van der Waals surface area (Å²) in [5.74, 6) is 1.01. The Morgan fingerprint density at radius 2 is 1.68 bits per heavy atom. The predicted octanol–water partition coefficient (Wildman–Crippen LogP) is 6.43. The zero-order valence-corrected chi connectivity index (χ0v) is 20.3. The summed E-state index contributed by atoms with van der Waals surface area (Å²) >= 11 is 0. The molecule has 1 saturated heterocycles. The molecule has 2 N–H and O–H groups in total. The van der Waals surface area contributed by atoms with E-state index in [0.29, 0.717) is 23.8 Å². The van der Waals surface area contributed by atoms with Gasteiger partial charge in [-0.15, -0.1) is 0 Å². The van der Waals surface area contributed by atoms with E-state index in [2.05, 4.69) is 11.8 Å². The van der Waals surface area contributed by atoms with E-state index < -0.39 is 17.9 Å². The maximum absolute atomic E-state index is 14.5. The Labute approximate surface area is 213 Å².